The van der Waals surface area contributed by atoms with Gasteiger partial charge in [-0.05, 0) is 175 Å². The third-order valence-electron chi connectivity index (χ3n) is 19.1. The molecule has 5 fully saturated rings. The highest BCUT2D eigenvalue weighted by Gasteiger charge is 2.37. The number of carbonyl (C=O) groups is 4. The average Bonchev–Trinajstić information content (AvgIpc) is 1.56. The normalized spacial score (nSPS) is 20.7. The molecule has 9 unspecified atom stereocenters. The third kappa shape index (κ3) is 23.5. The molecule has 2 aromatic heterocycles. The van der Waals surface area contributed by atoms with Crippen LogP contribution >= 0.6 is 9.24 Å². The van der Waals surface area contributed by atoms with Crippen LogP contribution in [0.4, 0.5) is 15.9 Å². The van der Waals surface area contributed by atoms with Crippen molar-refractivity contribution in [2.24, 2.45) is 35.5 Å². The van der Waals surface area contributed by atoms with Gasteiger partial charge in [0, 0.05) is 98.6 Å². The van der Waals surface area contributed by atoms with Crippen LogP contribution in [0.2, 0.25) is 0 Å². The second-order valence-electron chi connectivity index (χ2n) is 26.7. The van der Waals surface area contributed by atoms with Crippen LogP contribution in [0.5, 0.6) is 6.01 Å². The number of rotatable bonds is 19. The number of Topliss-reactive ketones (excluding diaryl/α,β-unsaturated/α-hetero) is 2. The van der Waals surface area contributed by atoms with Crippen molar-refractivity contribution in [1.29, 1.82) is 0 Å². The molecule has 514 valence electrons. The van der Waals surface area contributed by atoms with Crippen molar-refractivity contribution in [3.8, 4) is 29.6 Å². The zero-order valence-corrected chi connectivity index (χ0v) is 61.3. The van der Waals surface area contributed by atoms with E-state index in [1.807, 2.05) is 59.7 Å². The Morgan fingerprint density at radius 2 is 1.58 bits per heavy atom. The quantitative estimate of drug-likeness (QED) is 0.0441. The van der Waals surface area contributed by atoms with E-state index in [0.717, 1.165) is 101 Å². The number of anilines is 2. The highest BCUT2D eigenvalue weighted by molar-refractivity contribution is 7.28. The number of unbranched alkanes of at least 4 members (excludes halogenated alkanes) is 1. The molecule has 1 saturated carbocycles. The van der Waals surface area contributed by atoms with Gasteiger partial charge in [-0.15, -0.1) is 15.7 Å². The molecule has 4 saturated heterocycles. The summed E-state index contributed by atoms with van der Waals surface area (Å²) in [7, 11) is 8.64. The molecule has 6 heterocycles. The lowest BCUT2D eigenvalue weighted by Gasteiger charge is -2.35. The molecular weight excluding hydrogens is 1180 g/mol. The number of hydrogen-bond acceptors (Lipinski definition) is 13. The number of nitrogens with zero attached hydrogens (tertiary/aromatic N) is 7. The number of benzene rings is 3. The average molecular weight is 1300 g/mol. The minimum absolute atomic E-state index is 0.0406. The Bertz CT molecular complexity index is 3130. The standard InChI is InChI=1S/C26H24FN4OP.C23H38N2.C11H20O2.C9H15NO2.C4H8O.C3H8.C2H6/c1-4-17-20(27)11-10-16-8-5-9-18(21(16)17)22-24(33)23-19(13-28-22)25(30-26(29-23)32-3)31-12-6-7-15(2)14-31;1-6-19-13-17(2)14-22(19)16-25-11-9-20(10-12-25)21-8-7-18(3)23(15-21)24(4)5;1-5-8(2)11(13)9(3)6-7-10(4)12;11-7-12-6-9-4-3-8-2-1-5-10(8)9;1-2-3-4-5;1-3-2;1-2/h1,5,8-11,13,15H,6-7,12,14,33H2,2-3H3;7-8,15,17,19-20,22H,6,9-14,16H2,1-5H3;8-9H,5-7H2,1-4H3;7-9H,1-6H2;4H,2-3H2,1H3;3H2,1-2H3;1-2H3. The molecule has 3 aromatic carbocycles. The maximum absolute atomic E-state index is 14.5. The molecular formula is C78H119FN7O6P. The number of methoxy groups -OCH3 is 1. The van der Waals surface area contributed by atoms with Crippen LogP contribution in [0.15, 0.2) is 54.7 Å². The van der Waals surface area contributed by atoms with Crippen molar-refractivity contribution in [3.05, 3.63) is 77.2 Å². The van der Waals surface area contributed by atoms with Crippen LogP contribution in [0.25, 0.3) is 32.9 Å². The number of ether oxygens (including phenoxy) is 2. The zero-order valence-electron chi connectivity index (χ0n) is 60.1. The molecule has 15 heteroatoms. The fourth-order valence-electron chi connectivity index (χ4n) is 14.0. The maximum Gasteiger partial charge on any atom is 0.318 e. The van der Waals surface area contributed by atoms with E-state index >= 15 is 0 Å². The first kappa shape index (κ1) is 79.6. The number of likely N-dealkylation sites (tertiary alicyclic amines) is 1. The van der Waals surface area contributed by atoms with Crippen molar-refractivity contribution in [1.82, 2.24) is 24.8 Å². The Hall–Kier alpha value is -5.87. The molecule has 0 bridgehead atoms. The summed E-state index contributed by atoms with van der Waals surface area (Å²) in [5, 5.41) is 3.18. The Morgan fingerprint density at radius 1 is 0.882 bits per heavy atom. The lowest BCUT2D eigenvalue weighted by atomic mass is 9.87. The molecule has 0 amide bonds. The van der Waals surface area contributed by atoms with E-state index in [9.17, 15) is 23.6 Å². The van der Waals surface area contributed by atoms with E-state index in [4.69, 9.17) is 20.9 Å². The molecule has 13 nitrogen and oxygen atoms in total. The minimum Gasteiger partial charge on any atom is -0.467 e. The number of ketones is 2. The van der Waals surface area contributed by atoms with Gasteiger partial charge in [-0.2, -0.15) is 9.97 Å². The SMILES string of the molecule is C#Cc1c(F)ccc2cccc(-c3ncc4c(N5CCCC(C)C5)nc(OC)nc4c3P)c12.CC.CCC.CCC(C)C(=O)C(C)CCC(C)=O.CCC1CC(C)CC1CN1CCC(c2ccc(C)c(N(C)C)c2)CC1.CCCC=O.O=COCC1CCC2CCCN21. The molecule has 5 aliphatic rings. The number of aldehydes is 1. The fraction of sp³-hybridized carbons (Fsp3) is 0.628. The van der Waals surface area contributed by atoms with Crippen LogP contribution in [-0.4, -0.2) is 128 Å². The summed E-state index contributed by atoms with van der Waals surface area (Å²) in [5.74, 6) is 7.80. The molecule has 9 atom stereocenters. The van der Waals surface area contributed by atoms with Gasteiger partial charge in [0.05, 0.1) is 29.3 Å². The van der Waals surface area contributed by atoms with Gasteiger partial charge in [-0.1, -0.05) is 131 Å². The van der Waals surface area contributed by atoms with Gasteiger partial charge < -0.3 is 33.8 Å². The summed E-state index contributed by atoms with van der Waals surface area (Å²) in [6, 6.07) is 17.6. The second kappa shape index (κ2) is 41.8. The number of pyridine rings is 1. The fourth-order valence-corrected chi connectivity index (χ4v) is 14.4. The predicted molar refractivity (Wildman–Crippen MR) is 391 cm³/mol. The number of aryl methyl sites for hydroxylation is 1. The monoisotopic (exact) mass is 1300 g/mol. The first-order valence-electron chi connectivity index (χ1n) is 35.4. The van der Waals surface area contributed by atoms with Crippen LogP contribution in [0.3, 0.4) is 0 Å². The summed E-state index contributed by atoms with van der Waals surface area (Å²) >= 11 is 0. The smallest absolute Gasteiger partial charge is 0.318 e. The van der Waals surface area contributed by atoms with Gasteiger partial charge in [0.25, 0.3) is 6.47 Å². The third-order valence-corrected chi connectivity index (χ3v) is 19.7. The molecule has 4 aliphatic heterocycles. The van der Waals surface area contributed by atoms with Crippen molar-refractivity contribution in [2.75, 3.05) is 76.9 Å². The summed E-state index contributed by atoms with van der Waals surface area (Å²) < 4.78 is 24.8. The molecule has 0 radical (unpaired) electrons. The molecule has 10 rings (SSSR count). The lowest BCUT2D eigenvalue weighted by Crippen LogP contribution is -2.37. The summed E-state index contributed by atoms with van der Waals surface area (Å²) in [6.45, 7) is 35.2. The molecule has 0 N–H and O–H groups in total. The Labute approximate surface area is 563 Å². The molecule has 93 heavy (non-hydrogen) atoms. The van der Waals surface area contributed by atoms with Crippen LogP contribution in [0, 0.1) is 60.6 Å². The van der Waals surface area contributed by atoms with Gasteiger partial charge in [0.2, 0.25) is 0 Å². The Kier molecular flexibility index (Phi) is 35.8. The second-order valence-corrected chi connectivity index (χ2v) is 27.3. The number of carbonyl (C=O) groups excluding carboxylic acids is 4. The topological polar surface area (TPSA) is 138 Å². The van der Waals surface area contributed by atoms with Gasteiger partial charge in [0.1, 0.15) is 36.1 Å². The Morgan fingerprint density at radius 3 is 2.18 bits per heavy atom. The number of piperidine rings is 2. The van der Waals surface area contributed by atoms with E-state index in [2.05, 4.69) is 119 Å². The first-order valence-corrected chi connectivity index (χ1v) is 36.0. The molecule has 5 aromatic rings. The maximum atomic E-state index is 14.5. The van der Waals surface area contributed by atoms with Crippen LogP contribution in [-0.2, 0) is 23.9 Å². The van der Waals surface area contributed by atoms with E-state index < -0.39 is 5.82 Å². The van der Waals surface area contributed by atoms with Crippen molar-refractivity contribution < 1.29 is 33.0 Å². The summed E-state index contributed by atoms with van der Waals surface area (Å²) in [6.07, 6.45) is 27.9. The molecule has 0 spiro atoms. The van der Waals surface area contributed by atoms with E-state index in [1.165, 1.54) is 114 Å². The minimum atomic E-state index is -0.422. The first-order chi connectivity index (χ1) is 44.7. The lowest BCUT2D eigenvalue weighted by molar-refractivity contribution is -0.130. The van der Waals surface area contributed by atoms with Crippen molar-refractivity contribution >= 4 is 72.0 Å². The predicted octanol–water partition coefficient (Wildman–Crippen LogP) is 16.8. The van der Waals surface area contributed by atoms with Gasteiger partial charge >= 0.3 is 6.01 Å². The largest absolute Gasteiger partial charge is 0.467 e. The highest BCUT2D eigenvalue weighted by Crippen LogP contribution is 2.41. The van der Waals surface area contributed by atoms with Gasteiger partial charge in [-0.3, -0.25) is 19.5 Å². The number of terminal acetylenes is 1. The Balaban J connectivity index is 0.000000269. The van der Waals surface area contributed by atoms with Crippen molar-refractivity contribution in [3.63, 3.8) is 0 Å². The highest BCUT2D eigenvalue weighted by atomic mass is 31.0. The van der Waals surface area contributed by atoms with E-state index in [-0.39, 0.29) is 23.2 Å². The van der Waals surface area contributed by atoms with Gasteiger partial charge in [0.15, 0.2) is 0 Å². The molecule has 1 aliphatic carbocycles. The number of fused-ring (bicyclic) bond motifs is 3. The number of aromatic nitrogens is 3. The number of halogens is 1. The zero-order chi connectivity index (χ0) is 68.7. The van der Waals surface area contributed by atoms with Crippen LogP contribution < -0.4 is 19.8 Å². The van der Waals surface area contributed by atoms with E-state index in [1.54, 1.807) is 31.9 Å². The summed E-state index contributed by atoms with van der Waals surface area (Å²) in [5.41, 5.74) is 6.72. The van der Waals surface area contributed by atoms with E-state index in [0.29, 0.717) is 67.2 Å². The number of hydrogen-bond donors (Lipinski definition) is 0. The van der Waals surface area contributed by atoms with Crippen molar-refractivity contribution in [2.45, 2.75) is 217 Å². The van der Waals surface area contributed by atoms with Gasteiger partial charge in [-0.25, -0.2) is 4.39 Å². The summed E-state index contributed by atoms with van der Waals surface area (Å²) in [4.78, 5) is 65.6. The van der Waals surface area contributed by atoms with Crippen LogP contribution in [0.1, 0.15) is 215 Å².